The van der Waals surface area contributed by atoms with E-state index in [2.05, 4.69) is 9.72 Å². The lowest BCUT2D eigenvalue weighted by Crippen LogP contribution is -2.08. The minimum atomic E-state index is -2.96. The topological polar surface area (TPSA) is 51.6 Å². The minimum absolute atomic E-state index is 0.0839. The third-order valence-corrected chi connectivity index (χ3v) is 4.03. The van der Waals surface area contributed by atoms with Crippen LogP contribution in [0, 0.1) is 0 Å². The summed E-state index contributed by atoms with van der Waals surface area (Å²) >= 11 is 12.1. The normalized spacial score (nSPS) is 12.3. The third-order valence-electron chi connectivity index (χ3n) is 3.38. The lowest BCUT2D eigenvalue weighted by molar-refractivity contribution is -0.0515. The molecule has 0 radical (unpaired) electrons. The zero-order valence-electron chi connectivity index (χ0n) is 13.4. The number of halogens is 4. The summed E-state index contributed by atoms with van der Waals surface area (Å²) in [5, 5.41) is 11.1. The fourth-order valence-corrected chi connectivity index (χ4v) is 2.71. The standard InChI is InChI=1S/C17H17Cl2F2NO3/c1-2-5-24-16-6-10(3-4-15(16)25-17(20)21)14(23)7-11-12(18)8-22-9-13(11)19/h3-4,6,8-9,14,17,23H,2,5,7H2,1H3/t14-/m0/s1. The van der Waals surface area contributed by atoms with E-state index in [9.17, 15) is 13.9 Å². The Bertz CT molecular complexity index is 696. The van der Waals surface area contributed by atoms with Crippen molar-refractivity contribution in [2.45, 2.75) is 32.5 Å². The van der Waals surface area contributed by atoms with Crippen molar-refractivity contribution in [3.05, 3.63) is 51.8 Å². The highest BCUT2D eigenvalue weighted by atomic mass is 35.5. The summed E-state index contributed by atoms with van der Waals surface area (Å²) in [5.74, 6) is 0.0602. The quantitative estimate of drug-likeness (QED) is 0.683. The summed E-state index contributed by atoms with van der Waals surface area (Å²) in [6, 6.07) is 4.30. The van der Waals surface area contributed by atoms with Crippen LogP contribution >= 0.6 is 23.2 Å². The van der Waals surface area contributed by atoms with Gasteiger partial charge in [-0.05, 0) is 29.7 Å². The second-order valence-corrected chi connectivity index (χ2v) is 6.05. The van der Waals surface area contributed by atoms with Gasteiger partial charge in [0, 0.05) is 18.8 Å². The van der Waals surface area contributed by atoms with Crippen LogP contribution in [-0.2, 0) is 6.42 Å². The van der Waals surface area contributed by atoms with Crippen LogP contribution < -0.4 is 9.47 Å². The largest absolute Gasteiger partial charge is 0.490 e. The molecule has 0 amide bonds. The first-order valence-electron chi connectivity index (χ1n) is 7.59. The molecule has 0 unspecified atom stereocenters. The second kappa shape index (κ2) is 9.17. The van der Waals surface area contributed by atoms with Crippen LogP contribution in [0.25, 0.3) is 0 Å². The molecule has 0 bridgehead atoms. The second-order valence-electron chi connectivity index (χ2n) is 5.23. The Hall–Kier alpha value is -1.63. The molecule has 0 saturated heterocycles. The number of pyridine rings is 1. The van der Waals surface area contributed by atoms with Crippen LogP contribution in [0.3, 0.4) is 0 Å². The highest BCUT2D eigenvalue weighted by molar-refractivity contribution is 6.35. The Labute approximate surface area is 154 Å². The molecule has 1 atom stereocenters. The molecular formula is C17H17Cl2F2NO3. The summed E-state index contributed by atoms with van der Waals surface area (Å²) in [5.41, 5.74) is 1.02. The number of rotatable bonds is 8. The summed E-state index contributed by atoms with van der Waals surface area (Å²) in [7, 11) is 0. The van der Waals surface area contributed by atoms with Crippen molar-refractivity contribution < 1.29 is 23.4 Å². The molecule has 0 aliphatic heterocycles. The number of benzene rings is 1. The summed E-state index contributed by atoms with van der Waals surface area (Å²) < 4.78 is 34.9. The molecule has 4 nitrogen and oxygen atoms in total. The van der Waals surface area contributed by atoms with E-state index in [-0.39, 0.29) is 17.9 Å². The number of hydrogen-bond donors (Lipinski definition) is 1. The van der Waals surface area contributed by atoms with Crippen LogP contribution in [0.4, 0.5) is 8.78 Å². The first-order valence-corrected chi connectivity index (χ1v) is 8.35. The molecule has 2 aromatic rings. The van der Waals surface area contributed by atoms with Crippen LogP contribution in [-0.4, -0.2) is 23.3 Å². The molecule has 1 aromatic heterocycles. The van der Waals surface area contributed by atoms with Gasteiger partial charge < -0.3 is 14.6 Å². The molecule has 0 aliphatic carbocycles. The van der Waals surface area contributed by atoms with Gasteiger partial charge in [0.25, 0.3) is 0 Å². The Kier molecular flexibility index (Phi) is 7.23. The maximum absolute atomic E-state index is 12.5. The van der Waals surface area contributed by atoms with E-state index < -0.39 is 12.7 Å². The Balaban J connectivity index is 2.25. The highest BCUT2D eigenvalue weighted by Crippen LogP contribution is 2.34. The van der Waals surface area contributed by atoms with Crippen LogP contribution in [0.5, 0.6) is 11.5 Å². The van der Waals surface area contributed by atoms with E-state index >= 15 is 0 Å². The molecule has 2 rings (SSSR count). The first-order chi connectivity index (χ1) is 11.9. The molecule has 136 valence electrons. The van der Waals surface area contributed by atoms with Gasteiger partial charge in [0.1, 0.15) is 0 Å². The van der Waals surface area contributed by atoms with Gasteiger partial charge in [-0.2, -0.15) is 8.78 Å². The maximum atomic E-state index is 12.5. The van der Waals surface area contributed by atoms with E-state index in [0.29, 0.717) is 34.2 Å². The van der Waals surface area contributed by atoms with Crippen molar-refractivity contribution in [1.82, 2.24) is 4.98 Å². The number of nitrogens with zero attached hydrogens (tertiary/aromatic N) is 1. The SMILES string of the molecule is CCCOc1cc([C@@H](O)Cc2c(Cl)cncc2Cl)ccc1OC(F)F. The van der Waals surface area contributed by atoms with Gasteiger partial charge in [0.2, 0.25) is 0 Å². The maximum Gasteiger partial charge on any atom is 0.387 e. The van der Waals surface area contributed by atoms with Gasteiger partial charge in [0.15, 0.2) is 11.5 Å². The summed E-state index contributed by atoms with van der Waals surface area (Å²) in [4.78, 5) is 3.86. The van der Waals surface area contributed by atoms with Gasteiger partial charge in [-0.1, -0.05) is 36.2 Å². The van der Waals surface area contributed by atoms with Gasteiger partial charge in [-0.25, -0.2) is 0 Å². The molecule has 0 spiro atoms. The minimum Gasteiger partial charge on any atom is -0.490 e. The van der Waals surface area contributed by atoms with Gasteiger partial charge in [-0.3, -0.25) is 4.98 Å². The fourth-order valence-electron chi connectivity index (χ4n) is 2.19. The average molecular weight is 392 g/mol. The molecule has 25 heavy (non-hydrogen) atoms. The number of aliphatic hydroxyl groups is 1. The van der Waals surface area contributed by atoms with Gasteiger partial charge >= 0.3 is 6.61 Å². The molecule has 0 saturated carbocycles. The van der Waals surface area contributed by atoms with Crippen molar-refractivity contribution in [3.8, 4) is 11.5 Å². The van der Waals surface area contributed by atoms with Gasteiger partial charge in [0.05, 0.1) is 22.8 Å². The van der Waals surface area contributed by atoms with E-state index in [0.717, 1.165) is 0 Å². The average Bonchev–Trinajstić information content (AvgIpc) is 2.56. The summed E-state index contributed by atoms with van der Waals surface area (Å²) in [6.45, 7) is -0.741. The van der Waals surface area contributed by atoms with Crippen molar-refractivity contribution in [2.24, 2.45) is 0 Å². The smallest absolute Gasteiger partial charge is 0.387 e. The lowest BCUT2D eigenvalue weighted by Gasteiger charge is -2.17. The van der Waals surface area contributed by atoms with E-state index in [1.807, 2.05) is 6.92 Å². The Morgan fingerprint density at radius 1 is 1.16 bits per heavy atom. The van der Waals surface area contributed by atoms with E-state index in [4.69, 9.17) is 27.9 Å². The number of aromatic nitrogens is 1. The monoisotopic (exact) mass is 391 g/mol. The highest BCUT2D eigenvalue weighted by Gasteiger charge is 2.18. The van der Waals surface area contributed by atoms with Gasteiger partial charge in [-0.15, -0.1) is 0 Å². The van der Waals surface area contributed by atoms with Crippen molar-refractivity contribution in [1.29, 1.82) is 0 Å². The molecule has 8 heteroatoms. The molecular weight excluding hydrogens is 375 g/mol. The molecule has 1 aromatic carbocycles. The van der Waals surface area contributed by atoms with Crippen molar-refractivity contribution in [2.75, 3.05) is 6.61 Å². The predicted octanol–water partition coefficient (Wildman–Crippen LogP) is 5.05. The third kappa shape index (κ3) is 5.42. The van der Waals surface area contributed by atoms with Crippen LogP contribution in [0.2, 0.25) is 10.0 Å². The Morgan fingerprint density at radius 2 is 1.84 bits per heavy atom. The van der Waals surface area contributed by atoms with Crippen LogP contribution in [0.15, 0.2) is 30.6 Å². The van der Waals surface area contributed by atoms with Crippen molar-refractivity contribution in [3.63, 3.8) is 0 Å². The van der Waals surface area contributed by atoms with Crippen LogP contribution in [0.1, 0.15) is 30.6 Å². The number of hydrogen-bond acceptors (Lipinski definition) is 4. The number of alkyl halides is 2. The predicted molar refractivity (Wildman–Crippen MR) is 91.8 cm³/mol. The lowest BCUT2D eigenvalue weighted by atomic mass is 10.0. The fraction of sp³-hybridized carbons (Fsp3) is 0.353. The number of aliphatic hydroxyl groups excluding tert-OH is 1. The molecule has 1 N–H and O–H groups in total. The Morgan fingerprint density at radius 3 is 2.44 bits per heavy atom. The number of ether oxygens (including phenoxy) is 2. The summed E-state index contributed by atoms with van der Waals surface area (Å²) in [6.07, 6.45) is 2.75. The van der Waals surface area contributed by atoms with Crippen molar-refractivity contribution >= 4 is 23.2 Å². The molecule has 0 aliphatic rings. The first kappa shape index (κ1) is 19.7. The van der Waals surface area contributed by atoms with E-state index in [1.54, 1.807) is 0 Å². The molecule has 1 heterocycles. The zero-order chi connectivity index (χ0) is 18.4. The molecule has 0 fully saturated rings. The zero-order valence-corrected chi connectivity index (χ0v) is 14.9. The van der Waals surface area contributed by atoms with E-state index in [1.165, 1.54) is 30.6 Å².